The SMILES string of the molecule is NCC(O)Cc1c[nH]c2ccccc12. The van der Waals surface area contributed by atoms with Gasteiger partial charge in [-0.1, -0.05) is 18.2 Å². The highest BCUT2D eigenvalue weighted by Gasteiger charge is 2.07. The number of rotatable bonds is 3. The number of aliphatic hydroxyl groups is 1. The normalized spacial score (nSPS) is 13.3. The first kappa shape index (κ1) is 9.24. The fraction of sp³-hybridized carbons (Fsp3) is 0.273. The summed E-state index contributed by atoms with van der Waals surface area (Å²) in [7, 11) is 0. The van der Waals surface area contributed by atoms with Crippen LogP contribution in [0.3, 0.4) is 0 Å². The molecule has 3 heteroatoms. The Labute approximate surface area is 82.6 Å². The first-order valence-electron chi connectivity index (χ1n) is 4.74. The van der Waals surface area contributed by atoms with Crippen molar-refractivity contribution in [1.29, 1.82) is 0 Å². The third kappa shape index (κ3) is 1.64. The van der Waals surface area contributed by atoms with Crippen molar-refractivity contribution >= 4 is 10.9 Å². The number of nitrogens with two attached hydrogens (primary N) is 1. The van der Waals surface area contributed by atoms with Crippen molar-refractivity contribution < 1.29 is 5.11 Å². The third-order valence-electron chi connectivity index (χ3n) is 2.40. The Morgan fingerprint density at radius 1 is 1.36 bits per heavy atom. The standard InChI is InChI=1S/C11H14N2O/c12-6-9(14)5-8-7-13-11-4-2-1-3-10(8)11/h1-4,7,9,13-14H,5-6,12H2. The molecule has 2 aromatic rings. The highest BCUT2D eigenvalue weighted by molar-refractivity contribution is 5.83. The van der Waals surface area contributed by atoms with E-state index in [1.54, 1.807) is 0 Å². The number of aliphatic hydroxyl groups excluding tert-OH is 1. The van der Waals surface area contributed by atoms with Gasteiger partial charge in [-0.15, -0.1) is 0 Å². The molecule has 0 saturated carbocycles. The summed E-state index contributed by atoms with van der Waals surface area (Å²) in [4.78, 5) is 3.17. The maximum Gasteiger partial charge on any atom is 0.0703 e. The molecule has 0 amide bonds. The average molecular weight is 190 g/mol. The van der Waals surface area contributed by atoms with Crippen molar-refractivity contribution in [3.63, 3.8) is 0 Å². The van der Waals surface area contributed by atoms with Crippen LogP contribution in [-0.2, 0) is 6.42 Å². The molecule has 0 spiro atoms. The van der Waals surface area contributed by atoms with Gasteiger partial charge in [-0.3, -0.25) is 0 Å². The van der Waals surface area contributed by atoms with Crippen LogP contribution in [0.25, 0.3) is 10.9 Å². The zero-order valence-electron chi connectivity index (χ0n) is 7.90. The van der Waals surface area contributed by atoms with Crippen molar-refractivity contribution in [2.24, 2.45) is 5.73 Å². The van der Waals surface area contributed by atoms with Gasteiger partial charge in [0.05, 0.1) is 6.10 Å². The minimum atomic E-state index is -0.450. The Kier molecular flexibility index (Phi) is 2.52. The van der Waals surface area contributed by atoms with Crippen LogP contribution in [0.1, 0.15) is 5.56 Å². The van der Waals surface area contributed by atoms with Crippen molar-refractivity contribution in [3.8, 4) is 0 Å². The Morgan fingerprint density at radius 2 is 2.14 bits per heavy atom. The summed E-state index contributed by atoms with van der Waals surface area (Å²) in [6.07, 6.45) is 2.10. The van der Waals surface area contributed by atoms with E-state index in [1.165, 1.54) is 5.39 Å². The Balaban J connectivity index is 2.33. The minimum absolute atomic E-state index is 0.305. The van der Waals surface area contributed by atoms with Crippen LogP contribution in [0.15, 0.2) is 30.5 Å². The Hall–Kier alpha value is -1.32. The molecule has 0 aliphatic rings. The number of aromatic nitrogens is 1. The number of hydrogen-bond donors (Lipinski definition) is 3. The zero-order chi connectivity index (χ0) is 9.97. The highest BCUT2D eigenvalue weighted by Crippen LogP contribution is 2.18. The molecule has 0 aliphatic heterocycles. The summed E-state index contributed by atoms with van der Waals surface area (Å²) >= 11 is 0. The largest absolute Gasteiger partial charge is 0.391 e. The van der Waals surface area contributed by atoms with E-state index in [0.29, 0.717) is 13.0 Å². The van der Waals surface area contributed by atoms with E-state index < -0.39 is 6.10 Å². The maximum atomic E-state index is 9.45. The third-order valence-corrected chi connectivity index (χ3v) is 2.40. The molecule has 0 aliphatic carbocycles. The Bertz CT molecular complexity index is 422. The van der Waals surface area contributed by atoms with E-state index in [0.717, 1.165) is 11.1 Å². The smallest absolute Gasteiger partial charge is 0.0703 e. The van der Waals surface area contributed by atoms with E-state index >= 15 is 0 Å². The van der Waals surface area contributed by atoms with Crippen molar-refractivity contribution in [2.75, 3.05) is 6.54 Å². The van der Waals surface area contributed by atoms with E-state index in [-0.39, 0.29) is 0 Å². The molecule has 0 bridgehead atoms. The summed E-state index contributed by atoms with van der Waals surface area (Å²) < 4.78 is 0. The van der Waals surface area contributed by atoms with Crippen LogP contribution in [0.4, 0.5) is 0 Å². The minimum Gasteiger partial charge on any atom is -0.391 e. The van der Waals surface area contributed by atoms with Gasteiger partial charge in [-0.05, 0) is 11.6 Å². The molecular weight excluding hydrogens is 176 g/mol. The second-order valence-electron chi connectivity index (χ2n) is 3.45. The van der Waals surface area contributed by atoms with Crippen LogP contribution in [0, 0.1) is 0 Å². The highest BCUT2D eigenvalue weighted by atomic mass is 16.3. The summed E-state index contributed by atoms with van der Waals surface area (Å²) in [5, 5.41) is 10.6. The summed E-state index contributed by atoms with van der Waals surface area (Å²) in [5.41, 5.74) is 7.60. The maximum absolute atomic E-state index is 9.45. The molecular formula is C11H14N2O. The first-order chi connectivity index (χ1) is 6.81. The molecule has 1 aromatic heterocycles. The molecule has 0 fully saturated rings. The lowest BCUT2D eigenvalue weighted by Gasteiger charge is -2.05. The molecule has 3 nitrogen and oxygen atoms in total. The molecule has 0 saturated heterocycles. The van der Waals surface area contributed by atoms with Gasteiger partial charge >= 0.3 is 0 Å². The second-order valence-corrected chi connectivity index (χ2v) is 3.45. The first-order valence-corrected chi connectivity index (χ1v) is 4.74. The summed E-state index contributed by atoms with van der Waals surface area (Å²) in [6, 6.07) is 8.05. The van der Waals surface area contributed by atoms with Crippen LogP contribution in [-0.4, -0.2) is 22.7 Å². The Morgan fingerprint density at radius 3 is 2.93 bits per heavy atom. The van der Waals surface area contributed by atoms with Crippen LogP contribution in [0.2, 0.25) is 0 Å². The van der Waals surface area contributed by atoms with Gasteiger partial charge in [-0.2, -0.15) is 0 Å². The average Bonchev–Trinajstić information content (AvgIpc) is 2.62. The van der Waals surface area contributed by atoms with Crippen molar-refractivity contribution in [1.82, 2.24) is 4.98 Å². The molecule has 4 N–H and O–H groups in total. The molecule has 74 valence electrons. The van der Waals surface area contributed by atoms with Gasteiger partial charge < -0.3 is 15.8 Å². The number of benzene rings is 1. The predicted octanol–water partition coefficient (Wildman–Crippen LogP) is 1.03. The van der Waals surface area contributed by atoms with Crippen LogP contribution < -0.4 is 5.73 Å². The molecule has 14 heavy (non-hydrogen) atoms. The van der Waals surface area contributed by atoms with E-state index in [2.05, 4.69) is 4.98 Å². The molecule has 1 heterocycles. The van der Waals surface area contributed by atoms with E-state index in [4.69, 9.17) is 5.73 Å². The summed E-state index contributed by atoms with van der Waals surface area (Å²) in [6.45, 7) is 0.305. The van der Waals surface area contributed by atoms with Gasteiger partial charge in [-0.25, -0.2) is 0 Å². The molecule has 1 atom stereocenters. The number of para-hydroxylation sites is 1. The van der Waals surface area contributed by atoms with Crippen molar-refractivity contribution in [2.45, 2.75) is 12.5 Å². The number of fused-ring (bicyclic) bond motifs is 1. The number of aromatic amines is 1. The molecule has 1 aromatic carbocycles. The molecule has 0 radical (unpaired) electrons. The predicted molar refractivity (Wildman–Crippen MR) is 57.1 cm³/mol. The van der Waals surface area contributed by atoms with E-state index in [9.17, 15) is 5.11 Å². The van der Waals surface area contributed by atoms with Gasteiger partial charge in [0, 0.05) is 30.1 Å². The van der Waals surface area contributed by atoms with Gasteiger partial charge in [0.1, 0.15) is 0 Å². The number of hydrogen-bond acceptors (Lipinski definition) is 2. The molecule has 2 rings (SSSR count). The lowest BCUT2D eigenvalue weighted by Crippen LogP contribution is -2.21. The lowest BCUT2D eigenvalue weighted by atomic mass is 10.1. The van der Waals surface area contributed by atoms with Crippen LogP contribution >= 0.6 is 0 Å². The monoisotopic (exact) mass is 190 g/mol. The number of H-pyrrole nitrogens is 1. The molecule has 1 unspecified atom stereocenters. The van der Waals surface area contributed by atoms with Crippen molar-refractivity contribution in [3.05, 3.63) is 36.0 Å². The van der Waals surface area contributed by atoms with Gasteiger partial charge in [0.15, 0.2) is 0 Å². The summed E-state index contributed by atoms with van der Waals surface area (Å²) in [5.74, 6) is 0. The second kappa shape index (κ2) is 3.82. The van der Waals surface area contributed by atoms with Crippen LogP contribution in [0.5, 0.6) is 0 Å². The fourth-order valence-electron chi connectivity index (χ4n) is 1.64. The topological polar surface area (TPSA) is 62.0 Å². The number of nitrogens with one attached hydrogen (secondary N) is 1. The van der Waals surface area contributed by atoms with Gasteiger partial charge in [0.2, 0.25) is 0 Å². The van der Waals surface area contributed by atoms with Gasteiger partial charge in [0.25, 0.3) is 0 Å². The van der Waals surface area contributed by atoms with E-state index in [1.807, 2.05) is 30.5 Å². The fourth-order valence-corrected chi connectivity index (χ4v) is 1.64. The quantitative estimate of drug-likeness (QED) is 0.677. The zero-order valence-corrected chi connectivity index (χ0v) is 7.90. The lowest BCUT2D eigenvalue weighted by molar-refractivity contribution is 0.184.